The van der Waals surface area contributed by atoms with E-state index >= 15 is 0 Å². The molecule has 0 radical (unpaired) electrons. The van der Waals surface area contributed by atoms with Crippen LogP contribution >= 0.6 is 0 Å². The van der Waals surface area contributed by atoms with Crippen LogP contribution in [-0.2, 0) is 0 Å². The van der Waals surface area contributed by atoms with Gasteiger partial charge in [-0.1, -0.05) is 23.8 Å². The quantitative estimate of drug-likeness (QED) is 0.725. The fourth-order valence-electron chi connectivity index (χ4n) is 2.33. The first-order valence-corrected chi connectivity index (χ1v) is 6.03. The average molecular weight is 217 g/mol. The molecular formula is C14H19NO. The SMILES string of the molecule is Cc1cccc(C(=O)C(C)N2CCCC2)c1. The minimum absolute atomic E-state index is 0.0318. The molecule has 1 atom stereocenters. The Morgan fingerprint density at radius 2 is 2.00 bits per heavy atom. The standard InChI is InChI=1S/C14H19NO/c1-11-6-5-7-13(10-11)14(16)12(2)15-8-3-4-9-15/h5-7,10,12H,3-4,8-9H2,1-2H3. The molecule has 2 rings (SSSR count). The highest BCUT2D eigenvalue weighted by atomic mass is 16.1. The summed E-state index contributed by atoms with van der Waals surface area (Å²) in [5.41, 5.74) is 2.00. The minimum atomic E-state index is 0.0318. The number of hydrogen-bond acceptors (Lipinski definition) is 2. The number of ketones is 1. The summed E-state index contributed by atoms with van der Waals surface area (Å²) in [6.45, 7) is 6.19. The van der Waals surface area contributed by atoms with Crippen LogP contribution in [0.4, 0.5) is 0 Å². The molecule has 16 heavy (non-hydrogen) atoms. The highest BCUT2D eigenvalue weighted by Gasteiger charge is 2.24. The van der Waals surface area contributed by atoms with Crippen LogP contribution in [0.15, 0.2) is 24.3 Å². The van der Waals surface area contributed by atoms with Gasteiger partial charge in [-0.25, -0.2) is 0 Å². The van der Waals surface area contributed by atoms with Gasteiger partial charge in [-0.3, -0.25) is 9.69 Å². The lowest BCUT2D eigenvalue weighted by atomic mass is 10.0. The summed E-state index contributed by atoms with van der Waals surface area (Å²) in [6, 6.07) is 7.91. The minimum Gasteiger partial charge on any atom is -0.294 e. The molecule has 0 amide bonds. The average Bonchev–Trinajstić information content (AvgIpc) is 2.80. The second kappa shape index (κ2) is 4.79. The Balaban J connectivity index is 2.12. The first kappa shape index (κ1) is 11.3. The third kappa shape index (κ3) is 2.33. The summed E-state index contributed by atoms with van der Waals surface area (Å²) in [7, 11) is 0. The molecule has 0 aliphatic carbocycles. The number of rotatable bonds is 3. The van der Waals surface area contributed by atoms with Gasteiger partial charge in [0.15, 0.2) is 5.78 Å². The highest BCUT2D eigenvalue weighted by molar-refractivity contribution is 6.00. The van der Waals surface area contributed by atoms with Crippen molar-refractivity contribution in [2.24, 2.45) is 0 Å². The summed E-state index contributed by atoms with van der Waals surface area (Å²) in [5.74, 6) is 0.255. The smallest absolute Gasteiger partial charge is 0.179 e. The molecule has 1 aromatic rings. The number of aryl methyl sites for hydroxylation is 1. The molecule has 86 valence electrons. The number of benzene rings is 1. The van der Waals surface area contributed by atoms with Crippen LogP contribution in [0.3, 0.4) is 0 Å². The second-order valence-corrected chi connectivity index (χ2v) is 4.65. The third-order valence-electron chi connectivity index (χ3n) is 3.37. The Morgan fingerprint density at radius 1 is 1.31 bits per heavy atom. The van der Waals surface area contributed by atoms with Gasteiger partial charge in [-0.05, 0) is 45.8 Å². The Hall–Kier alpha value is -1.15. The summed E-state index contributed by atoms with van der Waals surface area (Å²) < 4.78 is 0. The fourth-order valence-corrected chi connectivity index (χ4v) is 2.33. The van der Waals surface area contributed by atoms with E-state index < -0.39 is 0 Å². The number of nitrogens with zero attached hydrogens (tertiary/aromatic N) is 1. The normalized spacial score (nSPS) is 18.6. The van der Waals surface area contributed by atoms with Gasteiger partial charge < -0.3 is 0 Å². The summed E-state index contributed by atoms with van der Waals surface area (Å²) in [6.07, 6.45) is 2.46. The van der Waals surface area contributed by atoms with Gasteiger partial charge in [0.05, 0.1) is 6.04 Å². The van der Waals surface area contributed by atoms with Crippen molar-refractivity contribution >= 4 is 5.78 Å². The van der Waals surface area contributed by atoms with Crippen LogP contribution in [0.1, 0.15) is 35.7 Å². The predicted molar refractivity (Wildman–Crippen MR) is 65.8 cm³/mol. The van der Waals surface area contributed by atoms with E-state index in [-0.39, 0.29) is 11.8 Å². The molecule has 1 unspecified atom stereocenters. The van der Waals surface area contributed by atoms with Gasteiger partial charge in [0.25, 0.3) is 0 Å². The molecule has 2 nitrogen and oxygen atoms in total. The first-order valence-electron chi connectivity index (χ1n) is 6.03. The van der Waals surface area contributed by atoms with Crippen LogP contribution in [0.2, 0.25) is 0 Å². The summed E-state index contributed by atoms with van der Waals surface area (Å²) in [4.78, 5) is 14.5. The van der Waals surface area contributed by atoms with E-state index in [4.69, 9.17) is 0 Å². The van der Waals surface area contributed by atoms with Crippen LogP contribution < -0.4 is 0 Å². The largest absolute Gasteiger partial charge is 0.294 e. The Bertz CT molecular complexity index is 380. The van der Waals surface area contributed by atoms with E-state index in [1.54, 1.807) is 0 Å². The van der Waals surface area contributed by atoms with E-state index in [1.807, 2.05) is 38.1 Å². The van der Waals surface area contributed by atoms with Gasteiger partial charge in [-0.15, -0.1) is 0 Å². The van der Waals surface area contributed by atoms with Crippen LogP contribution in [0.25, 0.3) is 0 Å². The lowest BCUT2D eigenvalue weighted by molar-refractivity contribution is 0.0867. The maximum Gasteiger partial charge on any atom is 0.179 e. The van der Waals surface area contributed by atoms with Crippen molar-refractivity contribution in [1.29, 1.82) is 0 Å². The molecule has 0 spiro atoms. The number of likely N-dealkylation sites (tertiary alicyclic amines) is 1. The molecule has 0 saturated carbocycles. The van der Waals surface area contributed by atoms with Gasteiger partial charge in [-0.2, -0.15) is 0 Å². The molecule has 2 heteroatoms. The van der Waals surface area contributed by atoms with Gasteiger partial charge >= 0.3 is 0 Å². The van der Waals surface area contributed by atoms with E-state index in [1.165, 1.54) is 12.8 Å². The zero-order valence-corrected chi connectivity index (χ0v) is 10.1. The van der Waals surface area contributed by atoms with Gasteiger partial charge in [0.1, 0.15) is 0 Å². The molecule has 0 aromatic heterocycles. The van der Waals surface area contributed by atoms with Crippen molar-refractivity contribution in [3.8, 4) is 0 Å². The molecule has 1 aromatic carbocycles. The van der Waals surface area contributed by atoms with Crippen molar-refractivity contribution in [3.05, 3.63) is 35.4 Å². The molecule has 1 saturated heterocycles. The van der Waals surface area contributed by atoms with Crippen LogP contribution in [-0.4, -0.2) is 29.8 Å². The molecule has 0 N–H and O–H groups in total. The molecule has 0 bridgehead atoms. The zero-order valence-electron chi connectivity index (χ0n) is 10.1. The number of hydrogen-bond donors (Lipinski definition) is 0. The third-order valence-corrected chi connectivity index (χ3v) is 3.37. The lowest BCUT2D eigenvalue weighted by Gasteiger charge is -2.22. The fraction of sp³-hybridized carbons (Fsp3) is 0.500. The van der Waals surface area contributed by atoms with Crippen molar-refractivity contribution in [3.63, 3.8) is 0 Å². The van der Waals surface area contributed by atoms with E-state index in [2.05, 4.69) is 4.90 Å². The van der Waals surface area contributed by atoms with Crippen LogP contribution in [0, 0.1) is 6.92 Å². The van der Waals surface area contributed by atoms with E-state index in [0.717, 1.165) is 24.2 Å². The highest BCUT2D eigenvalue weighted by Crippen LogP contribution is 2.16. The Morgan fingerprint density at radius 3 is 2.62 bits per heavy atom. The number of carbonyl (C=O) groups excluding carboxylic acids is 1. The molecule has 1 aliphatic rings. The zero-order chi connectivity index (χ0) is 11.5. The number of Topliss-reactive ketones (excluding diaryl/α,β-unsaturated/α-hetero) is 1. The summed E-state index contributed by atoms with van der Waals surface area (Å²) in [5, 5.41) is 0. The van der Waals surface area contributed by atoms with Crippen molar-refractivity contribution < 1.29 is 4.79 Å². The van der Waals surface area contributed by atoms with Crippen molar-refractivity contribution in [1.82, 2.24) is 4.90 Å². The monoisotopic (exact) mass is 217 g/mol. The second-order valence-electron chi connectivity index (χ2n) is 4.65. The maximum absolute atomic E-state index is 12.2. The van der Waals surface area contributed by atoms with Crippen LogP contribution in [0.5, 0.6) is 0 Å². The molecule has 1 fully saturated rings. The first-order chi connectivity index (χ1) is 7.68. The Kier molecular flexibility index (Phi) is 3.39. The lowest BCUT2D eigenvalue weighted by Crippen LogP contribution is -2.36. The number of carbonyl (C=O) groups is 1. The maximum atomic E-state index is 12.2. The summed E-state index contributed by atoms with van der Waals surface area (Å²) >= 11 is 0. The molecule has 1 aliphatic heterocycles. The molecular weight excluding hydrogens is 198 g/mol. The van der Waals surface area contributed by atoms with Crippen molar-refractivity contribution in [2.75, 3.05) is 13.1 Å². The van der Waals surface area contributed by atoms with Gasteiger partial charge in [0, 0.05) is 5.56 Å². The molecule has 1 heterocycles. The predicted octanol–water partition coefficient (Wildman–Crippen LogP) is 2.66. The van der Waals surface area contributed by atoms with E-state index in [9.17, 15) is 4.79 Å². The Labute approximate surface area is 97.3 Å². The van der Waals surface area contributed by atoms with E-state index in [0.29, 0.717) is 0 Å². The van der Waals surface area contributed by atoms with Gasteiger partial charge in [0.2, 0.25) is 0 Å². The topological polar surface area (TPSA) is 20.3 Å². The van der Waals surface area contributed by atoms with Crippen molar-refractivity contribution in [2.45, 2.75) is 32.7 Å².